The molecule has 4 aromatic rings. The van der Waals surface area contributed by atoms with Crippen molar-refractivity contribution in [1.82, 2.24) is 20.1 Å². The molecule has 2 aliphatic rings. The van der Waals surface area contributed by atoms with Crippen LogP contribution >= 0.6 is 0 Å². The number of aromatic amines is 1. The topological polar surface area (TPSA) is 91.0 Å². The number of amides is 2. The Kier molecular flexibility index (Phi) is 5.52. The second-order valence-corrected chi connectivity index (χ2v) is 9.48. The molecule has 6 rings (SSSR count). The molecule has 2 heterocycles. The van der Waals surface area contributed by atoms with Crippen molar-refractivity contribution in [3.05, 3.63) is 78.1 Å². The number of anilines is 1. The molecule has 0 unspecified atom stereocenters. The van der Waals surface area contributed by atoms with E-state index in [1.54, 1.807) is 0 Å². The molecule has 2 fully saturated rings. The highest BCUT2D eigenvalue weighted by Crippen LogP contribution is 2.38. The third-order valence-corrected chi connectivity index (χ3v) is 7.03. The van der Waals surface area contributed by atoms with Crippen molar-refractivity contribution in [2.45, 2.75) is 31.6 Å². The SMILES string of the molecule is O=C(Nc1cccc(-c2n[nH]c(C3CC3)n2)c1)C1CCN(C(=O)c2cccc3ccccc23)CC1. The Morgan fingerprint density at radius 3 is 2.51 bits per heavy atom. The molecule has 0 atom stereocenters. The minimum absolute atomic E-state index is 0.00642. The van der Waals surface area contributed by atoms with Crippen LogP contribution in [-0.2, 0) is 4.79 Å². The second kappa shape index (κ2) is 8.98. The van der Waals surface area contributed by atoms with E-state index in [0.717, 1.165) is 46.3 Å². The minimum Gasteiger partial charge on any atom is -0.339 e. The zero-order valence-electron chi connectivity index (χ0n) is 19.4. The molecule has 2 N–H and O–H groups in total. The Morgan fingerprint density at radius 2 is 1.69 bits per heavy atom. The maximum atomic E-state index is 13.2. The average molecular weight is 466 g/mol. The van der Waals surface area contributed by atoms with Gasteiger partial charge in [0.25, 0.3) is 5.91 Å². The van der Waals surface area contributed by atoms with Crippen LogP contribution in [0.15, 0.2) is 66.7 Å². The van der Waals surface area contributed by atoms with Gasteiger partial charge < -0.3 is 10.2 Å². The minimum atomic E-state index is -0.125. The van der Waals surface area contributed by atoms with Crippen molar-refractivity contribution in [2.75, 3.05) is 18.4 Å². The summed E-state index contributed by atoms with van der Waals surface area (Å²) >= 11 is 0. The number of aromatic nitrogens is 3. The lowest BCUT2D eigenvalue weighted by molar-refractivity contribution is -0.121. The normalized spacial score (nSPS) is 16.4. The number of fused-ring (bicyclic) bond motifs is 1. The van der Waals surface area contributed by atoms with Crippen molar-refractivity contribution in [3.63, 3.8) is 0 Å². The van der Waals surface area contributed by atoms with Gasteiger partial charge in [0.1, 0.15) is 5.82 Å². The Labute approximate surface area is 203 Å². The number of piperidine rings is 1. The molecule has 3 aromatic carbocycles. The first kappa shape index (κ1) is 21.5. The number of hydrogen-bond acceptors (Lipinski definition) is 4. The summed E-state index contributed by atoms with van der Waals surface area (Å²) in [7, 11) is 0. The number of rotatable bonds is 5. The number of nitrogens with one attached hydrogen (secondary N) is 2. The summed E-state index contributed by atoms with van der Waals surface area (Å²) in [6.45, 7) is 1.14. The molecular weight excluding hydrogens is 438 g/mol. The third kappa shape index (κ3) is 4.41. The molecular formula is C28H27N5O2. The first-order valence-corrected chi connectivity index (χ1v) is 12.3. The van der Waals surface area contributed by atoms with Crippen molar-refractivity contribution in [1.29, 1.82) is 0 Å². The zero-order chi connectivity index (χ0) is 23.8. The smallest absolute Gasteiger partial charge is 0.254 e. The molecule has 0 bridgehead atoms. The van der Waals surface area contributed by atoms with E-state index in [-0.39, 0.29) is 17.7 Å². The third-order valence-electron chi connectivity index (χ3n) is 7.03. The molecule has 0 spiro atoms. The number of carbonyl (C=O) groups is 2. The van der Waals surface area contributed by atoms with Crippen LogP contribution in [-0.4, -0.2) is 45.0 Å². The van der Waals surface area contributed by atoms with Gasteiger partial charge in [0, 0.05) is 41.7 Å². The molecule has 7 nitrogen and oxygen atoms in total. The van der Waals surface area contributed by atoms with E-state index in [1.807, 2.05) is 71.6 Å². The summed E-state index contributed by atoms with van der Waals surface area (Å²) in [6.07, 6.45) is 3.62. The van der Waals surface area contributed by atoms with E-state index in [0.29, 0.717) is 37.7 Å². The van der Waals surface area contributed by atoms with Gasteiger partial charge in [-0.2, -0.15) is 5.10 Å². The largest absolute Gasteiger partial charge is 0.339 e. The average Bonchev–Trinajstić information content (AvgIpc) is 3.64. The van der Waals surface area contributed by atoms with E-state index in [9.17, 15) is 9.59 Å². The zero-order valence-corrected chi connectivity index (χ0v) is 19.4. The standard InChI is InChI=1S/C28H27N5O2/c34-27(29-22-8-3-7-21(17-22)26-30-25(31-32-26)19-11-12-19)20-13-15-33(16-14-20)28(35)24-10-4-6-18-5-1-2-9-23(18)24/h1-10,17,19-20H,11-16H2,(H,29,34)(H,30,31,32). The van der Waals surface area contributed by atoms with Gasteiger partial charge in [0.05, 0.1) is 0 Å². The molecule has 2 amide bonds. The summed E-state index contributed by atoms with van der Waals surface area (Å²) in [5, 5.41) is 12.5. The van der Waals surface area contributed by atoms with E-state index in [1.165, 1.54) is 0 Å². The second-order valence-electron chi connectivity index (χ2n) is 9.48. The Balaban J connectivity index is 1.09. The molecule has 1 saturated heterocycles. The van der Waals surface area contributed by atoms with Crippen molar-refractivity contribution in [3.8, 4) is 11.4 Å². The maximum Gasteiger partial charge on any atom is 0.254 e. The molecule has 1 aliphatic carbocycles. The van der Waals surface area contributed by atoms with Gasteiger partial charge in [-0.15, -0.1) is 0 Å². The van der Waals surface area contributed by atoms with Gasteiger partial charge in [0.15, 0.2) is 5.82 Å². The van der Waals surface area contributed by atoms with Crippen LogP contribution in [0.3, 0.4) is 0 Å². The Bertz CT molecular complexity index is 1390. The number of hydrogen-bond donors (Lipinski definition) is 2. The lowest BCUT2D eigenvalue weighted by atomic mass is 9.94. The number of benzene rings is 3. The first-order valence-electron chi connectivity index (χ1n) is 12.3. The van der Waals surface area contributed by atoms with Crippen LogP contribution in [0.5, 0.6) is 0 Å². The number of H-pyrrole nitrogens is 1. The van der Waals surface area contributed by atoms with E-state index >= 15 is 0 Å². The predicted molar refractivity (Wildman–Crippen MR) is 135 cm³/mol. The number of likely N-dealkylation sites (tertiary alicyclic amines) is 1. The van der Waals surface area contributed by atoms with Crippen LogP contribution in [0.2, 0.25) is 0 Å². The van der Waals surface area contributed by atoms with Crippen molar-refractivity contribution in [2.24, 2.45) is 5.92 Å². The van der Waals surface area contributed by atoms with Gasteiger partial charge in [-0.1, -0.05) is 48.5 Å². The molecule has 176 valence electrons. The van der Waals surface area contributed by atoms with Crippen molar-refractivity contribution < 1.29 is 9.59 Å². The highest BCUT2D eigenvalue weighted by molar-refractivity contribution is 6.07. The summed E-state index contributed by atoms with van der Waals surface area (Å²) in [4.78, 5) is 32.7. The van der Waals surface area contributed by atoms with Crippen LogP contribution in [0, 0.1) is 5.92 Å². The molecule has 7 heteroatoms. The lowest BCUT2D eigenvalue weighted by Crippen LogP contribution is -2.41. The van der Waals surface area contributed by atoms with Gasteiger partial charge >= 0.3 is 0 Å². The summed E-state index contributed by atoms with van der Waals surface area (Å²) in [5.41, 5.74) is 2.33. The molecule has 1 aromatic heterocycles. The molecule has 1 aliphatic heterocycles. The fourth-order valence-corrected chi connectivity index (χ4v) is 4.85. The fourth-order valence-electron chi connectivity index (χ4n) is 4.85. The molecule has 1 saturated carbocycles. The van der Waals surface area contributed by atoms with Crippen molar-refractivity contribution >= 4 is 28.3 Å². The van der Waals surface area contributed by atoms with Gasteiger partial charge in [0.2, 0.25) is 5.91 Å². The highest BCUT2D eigenvalue weighted by atomic mass is 16.2. The monoisotopic (exact) mass is 465 g/mol. The summed E-state index contributed by atoms with van der Waals surface area (Å²) in [6, 6.07) is 21.4. The predicted octanol–water partition coefficient (Wildman–Crippen LogP) is 4.99. The fraction of sp³-hybridized carbons (Fsp3) is 0.286. The van der Waals surface area contributed by atoms with Gasteiger partial charge in [-0.3, -0.25) is 14.7 Å². The summed E-state index contributed by atoms with van der Waals surface area (Å²) < 4.78 is 0. The first-order chi connectivity index (χ1) is 17.2. The summed E-state index contributed by atoms with van der Waals surface area (Å²) in [5.74, 6) is 2.01. The Morgan fingerprint density at radius 1 is 0.914 bits per heavy atom. The highest BCUT2D eigenvalue weighted by Gasteiger charge is 2.29. The number of nitrogens with zero attached hydrogens (tertiary/aromatic N) is 3. The van der Waals surface area contributed by atoms with E-state index in [2.05, 4.69) is 20.5 Å². The van der Waals surface area contributed by atoms with Gasteiger partial charge in [-0.05, 0) is 54.7 Å². The van der Waals surface area contributed by atoms with Crippen LogP contribution in [0.4, 0.5) is 5.69 Å². The maximum absolute atomic E-state index is 13.2. The van der Waals surface area contributed by atoms with Crippen LogP contribution < -0.4 is 5.32 Å². The molecule has 35 heavy (non-hydrogen) atoms. The van der Waals surface area contributed by atoms with E-state index < -0.39 is 0 Å². The lowest BCUT2D eigenvalue weighted by Gasteiger charge is -2.31. The van der Waals surface area contributed by atoms with E-state index in [4.69, 9.17) is 0 Å². The van der Waals surface area contributed by atoms with Crippen LogP contribution in [0.25, 0.3) is 22.2 Å². The molecule has 0 radical (unpaired) electrons. The Hall–Kier alpha value is -4.00. The van der Waals surface area contributed by atoms with Gasteiger partial charge in [-0.25, -0.2) is 4.98 Å². The quantitative estimate of drug-likeness (QED) is 0.434. The van der Waals surface area contributed by atoms with Crippen LogP contribution in [0.1, 0.15) is 47.8 Å². The number of carbonyl (C=O) groups excluding carboxylic acids is 2.